The van der Waals surface area contributed by atoms with Gasteiger partial charge in [0.25, 0.3) is 0 Å². The Bertz CT molecular complexity index is 703. The van der Waals surface area contributed by atoms with Crippen LogP contribution in [0.15, 0.2) is 47.6 Å². The van der Waals surface area contributed by atoms with Gasteiger partial charge in [-0.15, -0.1) is 0 Å². The van der Waals surface area contributed by atoms with Crippen molar-refractivity contribution < 1.29 is 19.4 Å². The van der Waals surface area contributed by atoms with E-state index in [9.17, 15) is 0 Å². The summed E-state index contributed by atoms with van der Waals surface area (Å²) in [6, 6.07) is 13.1. The van der Waals surface area contributed by atoms with Gasteiger partial charge in [-0.2, -0.15) is 0 Å². The Hall–Kier alpha value is -2.69. The van der Waals surface area contributed by atoms with Crippen molar-refractivity contribution in [1.82, 2.24) is 0 Å². The molecule has 0 heterocycles. The molecule has 0 amide bonds. The summed E-state index contributed by atoms with van der Waals surface area (Å²) in [5.41, 5.74) is 1.85. The first-order valence-corrected chi connectivity index (χ1v) is 8.15. The third-order valence-corrected chi connectivity index (χ3v) is 3.69. The van der Waals surface area contributed by atoms with Gasteiger partial charge in [-0.3, -0.25) is 0 Å². The molecule has 134 valence electrons. The zero-order valence-corrected chi connectivity index (χ0v) is 15.2. The lowest BCUT2D eigenvalue weighted by atomic mass is 9.86. The number of rotatable bonds is 7. The van der Waals surface area contributed by atoms with E-state index in [4.69, 9.17) is 19.4 Å². The molecule has 0 saturated heterocycles. The summed E-state index contributed by atoms with van der Waals surface area (Å²) >= 11 is 0. The van der Waals surface area contributed by atoms with Gasteiger partial charge in [-0.05, 0) is 53.4 Å². The smallest absolute Gasteiger partial charge is 0.123 e. The van der Waals surface area contributed by atoms with Gasteiger partial charge in [0.05, 0.1) is 13.3 Å². The van der Waals surface area contributed by atoms with Crippen molar-refractivity contribution in [2.24, 2.45) is 5.16 Å². The molecule has 1 N–H and O–H groups in total. The van der Waals surface area contributed by atoms with Crippen LogP contribution in [0, 0.1) is 0 Å². The van der Waals surface area contributed by atoms with Crippen LogP contribution in [0.3, 0.4) is 0 Å². The summed E-state index contributed by atoms with van der Waals surface area (Å²) in [5, 5.41) is 11.5. The van der Waals surface area contributed by atoms with Crippen molar-refractivity contribution in [3.05, 3.63) is 53.6 Å². The molecule has 0 fully saturated rings. The van der Waals surface area contributed by atoms with Crippen molar-refractivity contribution >= 4 is 6.21 Å². The Morgan fingerprint density at radius 1 is 0.960 bits per heavy atom. The van der Waals surface area contributed by atoms with E-state index in [-0.39, 0.29) is 5.41 Å². The van der Waals surface area contributed by atoms with Gasteiger partial charge < -0.3 is 19.4 Å². The van der Waals surface area contributed by atoms with Gasteiger partial charge in [0.1, 0.15) is 30.5 Å². The van der Waals surface area contributed by atoms with Crippen molar-refractivity contribution in [3.63, 3.8) is 0 Å². The second-order valence-corrected chi connectivity index (χ2v) is 6.62. The van der Waals surface area contributed by atoms with Crippen molar-refractivity contribution in [1.29, 1.82) is 0 Å². The van der Waals surface area contributed by atoms with Crippen molar-refractivity contribution in [3.8, 4) is 17.2 Å². The third kappa shape index (κ3) is 5.41. The molecule has 0 aromatic heterocycles. The molecule has 0 spiro atoms. The van der Waals surface area contributed by atoms with E-state index in [1.54, 1.807) is 7.11 Å². The van der Waals surface area contributed by atoms with E-state index in [2.05, 4.69) is 25.9 Å². The van der Waals surface area contributed by atoms with Gasteiger partial charge >= 0.3 is 0 Å². The molecule has 2 rings (SSSR count). The molecule has 0 unspecified atom stereocenters. The summed E-state index contributed by atoms with van der Waals surface area (Å²) in [6.07, 6.45) is 1.37. The second kappa shape index (κ2) is 8.42. The highest BCUT2D eigenvalue weighted by Crippen LogP contribution is 2.34. The predicted molar refractivity (Wildman–Crippen MR) is 98.5 cm³/mol. The lowest BCUT2D eigenvalue weighted by Crippen LogP contribution is -2.16. The highest BCUT2D eigenvalue weighted by Gasteiger charge is 2.20. The first-order chi connectivity index (χ1) is 11.9. The Kier molecular flexibility index (Phi) is 6.28. The minimum absolute atomic E-state index is 0.0468. The zero-order chi connectivity index (χ0) is 18.3. The Labute approximate surface area is 148 Å². The summed E-state index contributed by atoms with van der Waals surface area (Å²) < 4.78 is 16.9. The molecular formula is C20H25NO4. The maximum atomic E-state index is 8.50. The Balaban J connectivity index is 1.93. The molecule has 5 heteroatoms. The van der Waals surface area contributed by atoms with Gasteiger partial charge in [-0.1, -0.05) is 25.9 Å². The van der Waals surface area contributed by atoms with E-state index in [0.717, 1.165) is 28.4 Å². The summed E-state index contributed by atoms with van der Waals surface area (Å²) in [5.74, 6) is 2.40. The number of methoxy groups -OCH3 is 1. The number of nitrogens with zero attached hydrogens (tertiary/aromatic N) is 1. The number of oxime groups is 1. The Morgan fingerprint density at radius 3 is 2.20 bits per heavy atom. The summed E-state index contributed by atoms with van der Waals surface area (Å²) in [6.45, 7) is 7.30. The fraction of sp³-hybridized carbons (Fsp3) is 0.350. The fourth-order valence-electron chi connectivity index (χ4n) is 2.38. The van der Waals surface area contributed by atoms with Crippen molar-refractivity contribution in [2.45, 2.75) is 26.2 Å². The number of benzene rings is 2. The molecule has 5 nitrogen and oxygen atoms in total. The molecule has 25 heavy (non-hydrogen) atoms. The molecule has 0 saturated carbocycles. The molecule has 0 aliphatic rings. The molecule has 0 bridgehead atoms. The van der Waals surface area contributed by atoms with Crippen LogP contribution in [0.25, 0.3) is 0 Å². The molecule has 2 aromatic carbocycles. The maximum absolute atomic E-state index is 8.50. The average Bonchev–Trinajstić information content (AvgIpc) is 2.59. The third-order valence-electron chi connectivity index (χ3n) is 3.69. The maximum Gasteiger partial charge on any atom is 0.123 e. The normalized spacial score (nSPS) is 11.5. The van der Waals surface area contributed by atoms with Crippen LogP contribution in [0.2, 0.25) is 0 Å². The van der Waals surface area contributed by atoms with Crippen molar-refractivity contribution in [2.75, 3.05) is 20.3 Å². The first-order valence-electron chi connectivity index (χ1n) is 8.15. The van der Waals surface area contributed by atoms with Crippen LogP contribution >= 0.6 is 0 Å². The van der Waals surface area contributed by atoms with Crippen LogP contribution in [-0.2, 0) is 5.41 Å². The van der Waals surface area contributed by atoms with Crippen LogP contribution < -0.4 is 14.2 Å². The van der Waals surface area contributed by atoms with E-state index in [1.807, 2.05) is 42.5 Å². The molecule has 0 aliphatic heterocycles. The minimum atomic E-state index is -0.0468. The average molecular weight is 343 g/mol. The number of hydrogen-bond donors (Lipinski definition) is 1. The zero-order valence-electron chi connectivity index (χ0n) is 15.2. The lowest BCUT2D eigenvalue weighted by Gasteiger charge is -2.23. The predicted octanol–water partition coefficient (Wildman–Crippen LogP) is 4.26. The van der Waals surface area contributed by atoms with E-state index in [1.165, 1.54) is 6.21 Å². The topological polar surface area (TPSA) is 60.3 Å². The first kappa shape index (κ1) is 18.6. The number of hydrogen-bond acceptors (Lipinski definition) is 5. The van der Waals surface area contributed by atoms with Gasteiger partial charge in [0.15, 0.2) is 0 Å². The van der Waals surface area contributed by atoms with Crippen LogP contribution in [0.4, 0.5) is 0 Å². The molecule has 0 atom stereocenters. The SMILES string of the molecule is COc1ccc(OCCOc2ccc(C=NO)cc2)c(C(C)(C)C)c1. The minimum Gasteiger partial charge on any atom is -0.497 e. The highest BCUT2D eigenvalue weighted by molar-refractivity contribution is 5.79. The molecule has 0 aliphatic carbocycles. The highest BCUT2D eigenvalue weighted by atomic mass is 16.5. The van der Waals surface area contributed by atoms with Gasteiger partial charge in [-0.25, -0.2) is 0 Å². The van der Waals surface area contributed by atoms with Gasteiger partial charge in [0, 0.05) is 5.56 Å². The Morgan fingerprint density at radius 2 is 1.60 bits per heavy atom. The molecule has 0 radical (unpaired) electrons. The molecule has 2 aromatic rings. The summed E-state index contributed by atoms with van der Waals surface area (Å²) in [4.78, 5) is 0. The summed E-state index contributed by atoms with van der Waals surface area (Å²) in [7, 11) is 1.66. The second-order valence-electron chi connectivity index (χ2n) is 6.62. The molecular weight excluding hydrogens is 318 g/mol. The lowest BCUT2D eigenvalue weighted by molar-refractivity contribution is 0.214. The number of ether oxygens (including phenoxy) is 3. The van der Waals surface area contributed by atoms with Crippen LogP contribution in [-0.4, -0.2) is 31.7 Å². The fourth-order valence-corrected chi connectivity index (χ4v) is 2.38. The van der Waals surface area contributed by atoms with Gasteiger partial charge in [0.2, 0.25) is 0 Å². The monoisotopic (exact) mass is 343 g/mol. The largest absolute Gasteiger partial charge is 0.497 e. The van der Waals surface area contributed by atoms with Crippen LogP contribution in [0.5, 0.6) is 17.2 Å². The van der Waals surface area contributed by atoms with E-state index >= 15 is 0 Å². The standard InChI is InChI=1S/C20H25NO4/c1-20(2,3)18-13-17(23-4)9-10-19(18)25-12-11-24-16-7-5-15(6-8-16)14-21-22/h5-10,13-14,22H,11-12H2,1-4H3. The van der Waals surface area contributed by atoms with E-state index < -0.39 is 0 Å². The van der Waals surface area contributed by atoms with Crippen LogP contribution in [0.1, 0.15) is 31.9 Å². The van der Waals surface area contributed by atoms with E-state index in [0.29, 0.717) is 13.2 Å². The quantitative estimate of drug-likeness (QED) is 0.353.